The summed E-state index contributed by atoms with van der Waals surface area (Å²) in [4.78, 5) is 8.02. The van der Waals surface area contributed by atoms with Crippen LogP contribution in [0.5, 0.6) is 11.6 Å². The molecule has 0 radical (unpaired) electrons. The van der Waals surface area contributed by atoms with Gasteiger partial charge in [0, 0.05) is 18.5 Å². The lowest BCUT2D eigenvalue weighted by Crippen LogP contribution is -1.90. The van der Waals surface area contributed by atoms with Crippen molar-refractivity contribution in [2.45, 2.75) is 0 Å². The van der Waals surface area contributed by atoms with Crippen molar-refractivity contribution >= 4 is 15.9 Å². The van der Waals surface area contributed by atoms with Gasteiger partial charge < -0.3 is 4.74 Å². The number of rotatable bonds is 2. The summed E-state index contributed by atoms with van der Waals surface area (Å²) < 4.78 is 6.08. The maximum absolute atomic E-state index is 8.73. The van der Waals surface area contributed by atoms with Crippen LogP contribution in [-0.2, 0) is 0 Å². The van der Waals surface area contributed by atoms with Gasteiger partial charge in [0.15, 0.2) is 5.75 Å². The monoisotopic (exact) mass is 275 g/mol. The minimum absolute atomic E-state index is 0.368. The highest BCUT2D eigenvalue weighted by Crippen LogP contribution is 2.26. The Labute approximate surface area is 101 Å². The maximum Gasteiger partial charge on any atom is 0.220 e. The first-order chi connectivity index (χ1) is 7.79. The summed E-state index contributed by atoms with van der Waals surface area (Å²) in [6.07, 6.45) is 3.17. The average molecular weight is 276 g/mol. The Bertz CT molecular complexity index is 551. The van der Waals surface area contributed by atoms with Crippen LogP contribution in [0, 0.1) is 11.3 Å². The molecule has 0 unspecified atom stereocenters. The predicted molar refractivity (Wildman–Crippen MR) is 61.0 cm³/mol. The summed E-state index contributed by atoms with van der Waals surface area (Å²) >= 11 is 3.26. The third-order valence-corrected chi connectivity index (χ3v) is 2.40. The molecule has 2 heterocycles. The Hall–Kier alpha value is -1.93. The standard InChI is InChI=1S/C11H6BrN3O/c12-11-9(2-1-4-15-11)16-10-6-8(7-13)3-5-14-10/h1-6H. The van der Waals surface area contributed by atoms with Crippen LogP contribution >= 0.6 is 15.9 Å². The van der Waals surface area contributed by atoms with Gasteiger partial charge in [-0.05, 0) is 34.1 Å². The quantitative estimate of drug-likeness (QED) is 0.791. The number of ether oxygens (including phenoxy) is 1. The molecule has 2 aromatic rings. The van der Waals surface area contributed by atoms with Crippen LogP contribution < -0.4 is 4.74 Å². The van der Waals surface area contributed by atoms with Crippen molar-refractivity contribution in [1.82, 2.24) is 9.97 Å². The fourth-order valence-electron chi connectivity index (χ4n) is 1.09. The van der Waals surface area contributed by atoms with Crippen LogP contribution in [0.25, 0.3) is 0 Å². The van der Waals surface area contributed by atoms with Gasteiger partial charge in [0.2, 0.25) is 5.88 Å². The average Bonchev–Trinajstić information content (AvgIpc) is 2.32. The van der Waals surface area contributed by atoms with E-state index in [2.05, 4.69) is 25.9 Å². The molecule has 0 N–H and O–H groups in total. The molecule has 0 bridgehead atoms. The fraction of sp³-hybridized carbons (Fsp3) is 0. The van der Waals surface area contributed by atoms with E-state index in [0.717, 1.165) is 0 Å². The Kier molecular flexibility index (Phi) is 3.13. The van der Waals surface area contributed by atoms with E-state index < -0.39 is 0 Å². The van der Waals surface area contributed by atoms with Crippen molar-refractivity contribution in [3.63, 3.8) is 0 Å². The first-order valence-electron chi connectivity index (χ1n) is 4.44. The lowest BCUT2D eigenvalue weighted by Gasteiger charge is -2.05. The van der Waals surface area contributed by atoms with E-state index in [1.54, 1.807) is 30.5 Å². The van der Waals surface area contributed by atoms with E-state index in [9.17, 15) is 0 Å². The molecular formula is C11H6BrN3O. The number of halogens is 1. The summed E-state index contributed by atoms with van der Waals surface area (Å²) in [7, 11) is 0. The largest absolute Gasteiger partial charge is 0.436 e. The van der Waals surface area contributed by atoms with Gasteiger partial charge in [-0.25, -0.2) is 9.97 Å². The summed E-state index contributed by atoms with van der Waals surface area (Å²) in [6, 6.07) is 8.73. The van der Waals surface area contributed by atoms with Crippen molar-refractivity contribution in [2.24, 2.45) is 0 Å². The summed E-state index contributed by atoms with van der Waals surface area (Å²) in [5.41, 5.74) is 0.505. The smallest absolute Gasteiger partial charge is 0.220 e. The molecule has 0 aliphatic rings. The molecule has 0 aliphatic heterocycles. The minimum atomic E-state index is 0.368. The molecule has 0 amide bonds. The topological polar surface area (TPSA) is 58.8 Å². The first-order valence-corrected chi connectivity index (χ1v) is 5.23. The van der Waals surface area contributed by atoms with E-state index in [4.69, 9.17) is 10.00 Å². The van der Waals surface area contributed by atoms with Crippen molar-refractivity contribution < 1.29 is 4.74 Å². The van der Waals surface area contributed by atoms with Crippen LogP contribution in [0.15, 0.2) is 41.3 Å². The zero-order chi connectivity index (χ0) is 11.4. The van der Waals surface area contributed by atoms with Gasteiger partial charge in [0.25, 0.3) is 0 Å². The SMILES string of the molecule is N#Cc1ccnc(Oc2cccnc2Br)c1. The number of pyridine rings is 2. The molecule has 0 saturated heterocycles. The molecule has 0 saturated carbocycles. The number of aromatic nitrogens is 2. The van der Waals surface area contributed by atoms with Crippen molar-refractivity contribution in [3.8, 4) is 17.7 Å². The molecule has 2 aromatic heterocycles. The van der Waals surface area contributed by atoms with Crippen LogP contribution in [0.3, 0.4) is 0 Å². The highest BCUT2D eigenvalue weighted by atomic mass is 79.9. The van der Waals surface area contributed by atoms with Crippen molar-refractivity contribution in [3.05, 3.63) is 46.8 Å². The number of nitriles is 1. The van der Waals surface area contributed by atoms with Crippen LogP contribution in [0.2, 0.25) is 0 Å². The lowest BCUT2D eigenvalue weighted by molar-refractivity contribution is 0.457. The zero-order valence-corrected chi connectivity index (χ0v) is 9.68. The lowest BCUT2D eigenvalue weighted by atomic mass is 10.3. The molecule has 0 spiro atoms. The van der Waals surface area contributed by atoms with E-state index >= 15 is 0 Å². The molecule has 2 rings (SSSR count). The molecule has 0 aliphatic carbocycles. The van der Waals surface area contributed by atoms with Crippen molar-refractivity contribution in [2.75, 3.05) is 0 Å². The predicted octanol–water partition coefficient (Wildman–Crippen LogP) is 2.90. The molecule has 4 nitrogen and oxygen atoms in total. The Morgan fingerprint density at radius 2 is 2.12 bits per heavy atom. The van der Waals surface area contributed by atoms with Gasteiger partial charge >= 0.3 is 0 Å². The summed E-state index contributed by atoms with van der Waals surface area (Å²) in [5, 5.41) is 8.73. The second-order valence-electron chi connectivity index (χ2n) is 2.89. The highest BCUT2D eigenvalue weighted by Gasteiger charge is 2.04. The first kappa shape index (κ1) is 10.6. The second kappa shape index (κ2) is 4.73. The normalized spacial score (nSPS) is 9.50. The van der Waals surface area contributed by atoms with E-state index in [1.807, 2.05) is 6.07 Å². The molecule has 0 fully saturated rings. The second-order valence-corrected chi connectivity index (χ2v) is 3.64. The number of hydrogen-bond donors (Lipinski definition) is 0. The molecule has 5 heteroatoms. The van der Waals surface area contributed by atoms with E-state index in [1.165, 1.54) is 6.20 Å². The van der Waals surface area contributed by atoms with E-state index in [0.29, 0.717) is 21.8 Å². The van der Waals surface area contributed by atoms with Crippen LogP contribution in [-0.4, -0.2) is 9.97 Å². The number of hydrogen-bond acceptors (Lipinski definition) is 4. The molecule has 0 aromatic carbocycles. The minimum Gasteiger partial charge on any atom is -0.436 e. The zero-order valence-electron chi connectivity index (χ0n) is 8.09. The maximum atomic E-state index is 8.73. The summed E-state index contributed by atoms with van der Waals surface area (Å²) in [6.45, 7) is 0. The van der Waals surface area contributed by atoms with Gasteiger partial charge in [0.05, 0.1) is 11.6 Å². The van der Waals surface area contributed by atoms with Crippen LogP contribution in [0.4, 0.5) is 0 Å². The van der Waals surface area contributed by atoms with Gasteiger partial charge in [-0.2, -0.15) is 5.26 Å². The summed E-state index contributed by atoms with van der Waals surface area (Å²) in [5.74, 6) is 0.929. The Morgan fingerprint density at radius 3 is 2.88 bits per heavy atom. The fourth-order valence-corrected chi connectivity index (χ4v) is 1.43. The number of nitrogens with zero attached hydrogens (tertiary/aromatic N) is 3. The third-order valence-electron chi connectivity index (χ3n) is 1.80. The molecule has 16 heavy (non-hydrogen) atoms. The van der Waals surface area contributed by atoms with Crippen molar-refractivity contribution in [1.29, 1.82) is 5.26 Å². The Balaban J connectivity index is 2.28. The van der Waals surface area contributed by atoms with Gasteiger partial charge in [-0.15, -0.1) is 0 Å². The van der Waals surface area contributed by atoms with Gasteiger partial charge in [-0.1, -0.05) is 0 Å². The highest BCUT2D eigenvalue weighted by molar-refractivity contribution is 9.10. The molecule has 78 valence electrons. The molecule has 0 atom stereocenters. The third kappa shape index (κ3) is 2.35. The molecular weight excluding hydrogens is 270 g/mol. The van der Waals surface area contributed by atoms with Gasteiger partial charge in [0.1, 0.15) is 4.60 Å². The Morgan fingerprint density at radius 1 is 1.25 bits per heavy atom. The van der Waals surface area contributed by atoms with Crippen LogP contribution in [0.1, 0.15) is 5.56 Å². The van der Waals surface area contributed by atoms with Gasteiger partial charge in [-0.3, -0.25) is 0 Å². The van der Waals surface area contributed by atoms with E-state index in [-0.39, 0.29) is 0 Å².